The predicted octanol–water partition coefficient (Wildman–Crippen LogP) is 1.12. The van der Waals surface area contributed by atoms with Crippen LogP contribution in [0.1, 0.15) is 5.56 Å². The van der Waals surface area contributed by atoms with Gasteiger partial charge in [0.05, 0.1) is 0 Å². The van der Waals surface area contributed by atoms with Crippen LogP contribution in [0.4, 0.5) is 10.5 Å². The Labute approximate surface area is 76.7 Å². The summed E-state index contributed by atoms with van der Waals surface area (Å²) in [5.74, 6) is 0. The number of rotatable bonds is 2. The molecule has 4 heteroatoms. The number of nitrogens with one attached hydrogen (secondary N) is 1. The first-order valence-corrected chi connectivity index (χ1v) is 3.92. The number of carbonyl (C=O) groups excluding carboxylic acids is 1. The highest BCUT2D eigenvalue weighted by molar-refractivity contribution is 5.66. The number of alkyl carbamates (subject to hydrolysis) is 1. The van der Waals surface area contributed by atoms with Gasteiger partial charge in [-0.3, -0.25) is 0 Å². The molecule has 0 spiro atoms. The molecule has 1 amide bonds. The maximum Gasteiger partial charge on any atom is 0.407 e. The van der Waals surface area contributed by atoms with E-state index in [1.165, 1.54) is 7.05 Å². The number of hydrogen-bond donors (Lipinski definition) is 2. The Balaban J connectivity index is 2.54. The highest BCUT2D eigenvalue weighted by atomic mass is 16.5. The first kappa shape index (κ1) is 9.38. The van der Waals surface area contributed by atoms with Gasteiger partial charge in [-0.05, 0) is 6.07 Å². The maximum atomic E-state index is 10.7. The second-order valence-corrected chi connectivity index (χ2v) is 2.52. The van der Waals surface area contributed by atoms with E-state index in [2.05, 4.69) is 5.32 Å². The smallest absolute Gasteiger partial charge is 0.407 e. The topological polar surface area (TPSA) is 64.3 Å². The van der Waals surface area contributed by atoms with Crippen LogP contribution in [0.25, 0.3) is 0 Å². The number of anilines is 1. The number of hydrogen-bond acceptors (Lipinski definition) is 3. The molecule has 1 aromatic carbocycles. The molecule has 0 saturated heterocycles. The van der Waals surface area contributed by atoms with Crippen molar-refractivity contribution >= 4 is 11.8 Å². The highest BCUT2D eigenvalue weighted by Gasteiger charge is 2.01. The fraction of sp³-hybridized carbons (Fsp3) is 0.222. The molecule has 4 nitrogen and oxygen atoms in total. The van der Waals surface area contributed by atoms with Crippen molar-refractivity contribution in [3.05, 3.63) is 29.8 Å². The van der Waals surface area contributed by atoms with Crippen molar-refractivity contribution in [1.82, 2.24) is 5.32 Å². The second kappa shape index (κ2) is 4.35. The zero-order chi connectivity index (χ0) is 9.68. The summed E-state index contributed by atoms with van der Waals surface area (Å²) in [6.45, 7) is 0.201. The third-order valence-electron chi connectivity index (χ3n) is 1.62. The molecule has 0 aliphatic heterocycles. The summed E-state index contributed by atoms with van der Waals surface area (Å²) in [6, 6.07) is 7.26. The van der Waals surface area contributed by atoms with E-state index < -0.39 is 6.09 Å². The van der Waals surface area contributed by atoms with Gasteiger partial charge in [-0.15, -0.1) is 0 Å². The summed E-state index contributed by atoms with van der Waals surface area (Å²) in [4.78, 5) is 10.7. The molecule has 0 heterocycles. The predicted molar refractivity (Wildman–Crippen MR) is 50.1 cm³/mol. The molecular formula is C9H12N2O2. The lowest BCUT2D eigenvalue weighted by atomic mass is 10.2. The third kappa shape index (κ3) is 2.66. The minimum Gasteiger partial charge on any atom is -0.445 e. The van der Waals surface area contributed by atoms with Crippen molar-refractivity contribution in [2.45, 2.75) is 6.61 Å². The number of nitrogens with two attached hydrogens (primary N) is 1. The highest BCUT2D eigenvalue weighted by Crippen LogP contribution is 2.11. The van der Waals surface area contributed by atoms with Crippen LogP contribution in [-0.4, -0.2) is 13.1 Å². The summed E-state index contributed by atoms with van der Waals surface area (Å²) in [5, 5.41) is 2.35. The van der Waals surface area contributed by atoms with Crippen molar-refractivity contribution in [2.75, 3.05) is 12.8 Å². The van der Waals surface area contributed by atoms with Gasteiger partial charge >= 0.3 is 6.09 Å². The SMILES string of the molecule is CNC(=O)OCc1ccccc1N. The van der Waals surface area contributed by atoms with Crippen LogP contribution < -0.4 is 11.1 Å². The summed E-state index contributed by atoms with van der Waals surface area (Å²) in [5.41, 5.74) is 7.08. The van der Waals surface area contributed by atoms with E-state index in [0.717, 1.165) is 5.56 Å². The van der Waals surface area contributed by atoms with Crippen molar-refractivity contribution in [2.24, 2.45) is 0 Å². The van der Waals surface area contributed by atoms with E-state index in [-0.39, 0.29) is 6.61 Å². The Bertz CT molecular complexity index is 299. The van der Waals surface area contributed by atoms with Crippen LogP contribution in [0.3, 0.4) is 0 Å². The first-order valence-electron chi connectivity index (χ1n) is 3.92. The number of ether oxygens (including phenoxy) is 1. The molecule has 1 rings (SSSR count). The van der Waals surface area contributed by atoms with E-state index >= 15 is 0 Å². The van der Waals surface area contributed by atoms with Crippen LogP contribution in [0.15, 0.2) is 24.3 Å². The number of benzene rings is 1. The lowest BCUT2D eigenvalue weighted by Gasteiger charge is -2.05. The monoisotopic (exact) mass is 180 g/mol. The minimum atomic E-state index is -0.455. The number of amides is 1. The van der Waals surface area contributed by atoms with Crippen LogP contribution in [0, 0.1) is 0 Å². The quantitative estimate of drug-likeness (QED) is 0.670. The largest absolute Gasteiger partial charge is 0.445 e. The molecule has 1 aromatic rings. The lowest BCUT2D eigenvalue weighted by Crippen LogP contribution is -2.19. The molecule has 0 unspecified atom stereocenters. The first-order chi connectivity index (χ1) is 6.24. The molecule has 0 atom stereocenters. The second-order valence-electron chi connectivity index (χ2n) is 2.52. The maximum absolute atomic E-state index is 10.7. The molecule has 0 radical (unpaired) electrons. The molecule has 0 bridgehead atoms. The standard InChI is InChI=1S/C9H12N2O2/c1-11-9(12)13-6-7-4-2-3-5-8(7)10/h2-5H,6,10H2,1H3,(H,11,12). The van der Waals surface area contributed by atoms with Gasteiger partial charge in [0.15, 0.2) is 0 Å². The fourth-order valence-electron chi connectivity index (χ4n) is 0.881. The van der Waals surface area contributed by atoms with E-state index in [0.29, 0.717) is 5.69 Å². The van der Waals surface area contributed by atoms with Crippen LogP contribution >= 0.6 is 0 Å². The normalized spacial score (nSPS) is 9.31. The molecular weight excluding hydrogens is 168 g/mol. The zero-order valence-electron chi connectivity index (χ0n) is 7.41. The molecule has 13 heavy (non-hydrogen) atoms. The zero-order valence-corrected chi connectivity index (χ0v) is 7.41. The summed E-state index contributed by atoms with van der Waals surface area (Å²) >= 11 is 0. The average molecular weight is 180 g/mol. The van der Waals surface area contributed by atoms with Gasteiger partial charge in [0.1, 0.15) is 6.61 Å². The van der Waals surface area contributed by atoms with Crippen LogP contribution in [0.2, 0.25) is 0 Å². The van der Waals surface area contributed by atoms with Gasteiger partial charge in [0.2, 0.25) is 0 Å². The van der Waals surface area contributed by atoms with Gasteiger partial charge in [0, 0.05) is 18.3 Å². The van der Waals surface area contributed by atoms with E-state index in [1.807, 2.05) is 18.2 Å². The van der Waals surface area contributed by atoms with Crippen LogP contribution in [0.5, 0.6) is 0 Å². The Kier molecular flexibility index (Phi) is 3.14. The lowest BCUT2D eigenvalue weighted by molar-refractivity contribution is 0.142. The number of nitrogen functional groups attached to an aromatic ring is 1. The van der Waals surface area contributed by atoms with Gasteiger partial charge in [-0.25, -0.2) is 4.79 Å². The molecule has 0 aliphatic carbocycles. The third-order valence-corrected chi connectivity index (χ3v) is 1.62. The molecule has 0 aromatic heterocycles. The fourth-order valence-corrected chi connectivity index (χ4v) is 0.881. The van der Waals surface area contributed by atoms with Crippen molar-refractivity contribution in [3.8, 4) is 0 Å². The van der Waals surface area contributed by atoms with Crippen LogP contribution in [-0.2, 0) is 11.3 Å². The Morgan fingerprint density at radius 3 is 2.85 bits per heavy atom. The van der Waals surface area contributed by atoms with Crippen molar-refractivity contribution in [1.29, 1.82) is 0 Å². The van der Waals surface area contributed by atoms with E-state index in [9.17, 15) is 4.79 Å². The van der Waals surface area contributed by atoms with E-state index in [1.54, 1.807) is 6.07 Å². The molecule has 0 fully saturated rings. The summed E-state index contributed by atoms with van der Waals surface area (Å²) in [6.07, 6.45) is -0.455. The van der Waals surface area contributed by atoms with E-state index in [4.69, 9.17) is 10.5 Å². The van der Waals surface area contributed by atoms with Crippen molar-refractivity contribution < 1.29 is 9.53 Å². The summed E-state index contributed by atoms with van der Waals surface area (Å²) < 4.78 is 4.83. The Hall–Kier alpha value is -1.71. The average Bonchev–Trinajstić information content (AvgIpc) is 2.16. The van der Waals surface area contributed by atoms with Gasteiger partial charge in [-0.1, -0.05) is 18.2 Å². The Morgan fingerprint density at radius 1 is 1.54 bits per heavy atom. The van der Waals surface area contributed by atoms with Gasteiger partial charge < -0.3 is 15.8 Å². The van der Waals surface area contributed by atoms with Gasteiger partial charge in [-0.2, -0.15) is 0 Å². The molecule has 3 N–H and O–H groups in total. The molecule has 70 valence electrons. The summed E-state index contributed by atoms with van der Waals surface area (Å²) in [7, 11) is 1.51. The molecule has 0 aliphatic rings. The van der Waals surface area contributed by atoms with Gasteiger partial charge in [0.25, 0.3) is 0 Å². The molecule has 0 saturated carbocycles. The Morgan fingerprint density at radius 2 is 2.23 bits per heavy atom. The van der Waals surface area contributed by atoms with Crippen molar-refractivity contribution in [3.63, 3.8) is 0 Å². The number of para-hydroxylation sites is 1. The minimum absolute atomic E-state index is 0.201. The number of carbonyl (C=O) groups is 1.